The molecular formula is C10H10ClO. The van der Waals surface area contributed by atoms with Gasteiger partial charge in [-0.15, -0.1) is 0 Å². The topological polar surface area (TPSA) is 9.23 Å². The molecule has 12 heavy (non-hydrogen) atoms. The average Bonchev–Trinajstić information content (AvgIpc) is 2.09. The van der Waals surface area contributed by atoms with Crippen LogP contribution in [-0.2, 0) is 0 Å². The van der Waals surface area contributed by atoms with Crippen molar-refractivity contribution < 1.29 is 4.74 Å². The van der Waals surface area contributed by atoms with Crippen molar-refractivity contribution in [1.82, 2.24) is 0 Å². The van der Waals surface area contributed by atoms with E-state index in [1.165, 1.54) is 0 Å². The van der Waals surface area contributed by atoms with Crippen LogP contribution in [0, 0.1) is 6.08 Å². The highest BCUT2D eigenvalue weighted by Gasteiger charge is 1.99. The first-order chi connectivity index (χ1) is 5.77. The van der Waals surface area contributed by atoms with E-state index in [2.05, 4.69) is 12.7 Å². The monoisotopic (exact) mass is 181 g/mol. The largest absolute Gasteiger partial charge is 0.492 e. The van der Waals surface area contributed by atoms with E-state index in [4.69, 9.17) is 16.3 Å². The molecule has 0 amide bonds. The summed E-state index contributed by atoms with van der Waals surface area (Å²) in [4.78, 5) is 0. The van der Waals surface area contributed by atoms with Crippen molar-refractivity contribution >= 4 is 11.6 Å². The van der Waals surface area contributed by atoms with E-state index in [1.807, 2.05) is 19.1 Å². The molecular weight excluding hydrogens is 172 g/mol. The molecule has 0 aliphatic heterocycles. The first kappa shape index (κ1) is 9.14. The van der Waals surface area contributed by atoms with Crippen LogP contribution in [-0.4, -0.2) is 6.61 Å². The number of halogens is 1. The number of hydrogen-bond acceptors (Lipinski definition) is 1. The van der Waals surface area contributed by atoms with Gasteiger partial charge in [-0.2, -0.15) is 0 Å². The zero-order valence-corrected chi connectivity index (χ0v) is 7.69. The quantitative estimate of drug-likeness (QED) is 0.697. The highest BCUT2D eigenvalue weighted by molar-refractivity contribution is 6.32. The fraction of sp³-hybridized carbons (Fsp3) is 0.200. The summed E-state index contributed by atoms with van der Waals surface area (Å²) in [5.74, 6) is 0.707. The summed E-state index contributed by atoms with van der Waals surface area (Å²) in [6.45, 7) is 6.07. The summed E-state index contributed by atoms with van der Waals surface area (Å²) in [7, 11) is 0. The lowest BCUT2D eigenvalue weighted by Gasteiger charge is -2.04. The van der Waals surface area contributed by atoms with Crippen molar-refractivity contribution in [2.45, 2.75) is 6.92 Å². The van der Waals surface area contributed by atoms with E-state index in [-0.39, 0.29) is 0 Å². The first-order valence-corrected chi connectivity index (χ1v) is 4.11. The van der Waals surface area contributed by atoms with Gasteiger partial charge in [-0.1, -0.05) is 24.2 Å². The fourth-order valence-corrected chi connectivity index (χ4v) is 1.12. The Labute approximate surface area is 77.6 Å². The van der Waals surface area contributed by atoms with Crippen LogP contribution in [0.2, 0.25) is 5.02 Å². The molecule has 1 rings (SSSR count). The molecule has 1 aromatic carbocycles. The van der Waals surface area contributed by atoms with Crippen LogP contribution in [0.1, 0.15) is 12.5 Å². The molecule has 1 nitrogen and oxygen atoms in total. The summed E-state index contributed by atoms with van der Waals surface area (Å²) >= 11 is 5.89. The van der Waals surface area contributed by atoms with E-state index in [9.17, 15) is 0 Å². The summed E-state index contributed by atoms with van der Waals surface area (Å²) < 4.78 is 5.26. The zero-order valence-electron chi connectivity index (χ0n) is 6.93. The van der Waals surface area contributed by atoms with Crippen molar-refractivity contribution in [2.24, 2.45) is 0 Å². The van der Waals surface area contributed by atoms with Gasteiger partial charge in [0, 0.05) is 0 Å². The molecule has 0 bridgehead atoms. The minimum Gasteiger partial charge on any atom is -0.492 e. The normalized spacial score (nSPS) is 9.50. The van der Waals surface area contributed by atoms with Gasteiger partial charge in [0.05, 0.1) is 11.6 Å². The van der Waals surface area contributed by atoms with Crippen molar-refractivity contribution in [3.05, 3.63) is 41.4 Å². The minimum absolute atomic E-state index is 0.602. The van der Waals surface area contributed by atoms with E-state index in [0.29, 0.717) is 17.4 Å². The number of ether oxygens (including phenoxy) is 1. The smallest absolute Gasteiger partial charge is 0.137 e. The summed E-state index contributed by atoms with van der Waals surface area (Å²) in [5, 5.41) is 0.602. The van der Waals surface area contributed by atoms with Gasteiger partial charge in [0.25, 0.3) is 0 Å². The average molecular weight is 182 g/mol. The maximum absolute atomic E-state index is 5.89. The lowest BCUT2D eigenvalue weighted by molar-refractivity contribution is 0.340. The van der Waals surface area contributed by atoms with E-state index in [1.54, 1.807) is 6.07 Å². The molecule has 0 fully saturated rings. The molecule has 0 N–H and O–H groups in total. The summed E-state index contributed by atoms with van der Waals surface area (Å²) in [6, 6.07) is 5.46. The second-order valence-corrected chi connectivity index (χ2v) is 2.66. The second-order valence-electron chi connectivity index (χ2n) is 2.25. The Morgan fingerprint density at radius 3 is 2.83 bits per heavy atom. The Kier molecular flexibility index (Phi) is 3.18. The van der Waals surface area contributed by atoms with Gasteiger partial charge >= 0.3 is 0 Å². The third-order valence-electron chi connectivity index (χ3n) is 1.44. The van der Waals surface area contributed by atoms with Gasteiger partial charge in [0.2, 0.25) is 0 Å². The van der Waals surface area contributed by atoms with Gasteiger partial charge in [-0.3, -0.25) is 0 Å². The minimum atomic E-state index is 0.602. The molecule has 0 aliphatic rings. The molecule has 0 saturated carbocycles. The first-order valence-electron chi connectivity index (χ1n) is 3.73. The molecule has 63 valence electrons. The van der Waals surface area contributed by atoms with Crippen molar-refractivity contribution in [3.8, 4) is 5.75 Å². The Morgan fingerprint density at radius 2 is 2.33 bits per heavy atom. The second kappa shape index (κ2) is 4.17. The van der Waals surface area contributed by atoms with Crippen molar-refractivity contribution in [2.75, 3.05) is 6.61 Å². The van der Waals surface area contributed by atoms with E-state index < -0.39 is 0 Å². The van der Waals surface area contributed by atoms with Gasteiger partial charge in [-0.25, -0.2) is 0 Å². The number of rotatable bonds is 3. The highest BCUT2D eigenvalue weighted by atomic mass is 35.5. The molecule has 2 heteroatoms. The summed E-state index contributed by atoms with van der Waals surface area (Å²) in [5.41, 5.74) is 0.878. The van der Waals surface area contributed by atoms with Crippen LogP contribution in [0.4, 0.5) is 0 Å². The van der Waals surface area contributed by atoms with E-state index in [0.717, 1.165) is 5.56 Å². The van der Waals surface area contributed by atoms with Crippen LogP contribution < -0.4 is 4.74 Å². The molecule has 0 atom stereocenters. The molecule has 1 aromatic rings. The SMILES string of the molecule is C=[C]c1ccc(OCC)c(Cl)c1. The van der Waals surface area contributed by atoms with Crippen LogP contribution in [0.5, 0.6) is 5.75 Å². The van der Waals surface area contributed by atoms with Crippen LogP contribution in [0.15, 0.2) is 24.8 Å². The molecule has 0 spiro atoms. The third-order valence-corrected chi connectivity index (χ3v) is 1.73. The Hall–Kier alpha value is -0.950. The molecule has 0 aliphatic carbocycles. The highest BCUT2D eigenvalue weighted by Crippen LogP contribution is 2.25. The van der Waals surface area contributed by atoms with Crippen LogP contribution in [0.3, 0.4) is 0 Å². The Morgan fingerprint density at radius 1 is 1.58 bits per heavy atom. The number of benzene rings is 1. The molecule has 0 saturated heterocycles. The predicted octanol–water partition coefficient (Wildman–Crippen LogP) is 3.08. The maximum Gasteiger partial charge on any atom is 0.137 e. The van der Waals surface area contributed by atoms with Gasteiger partial charge in [0.15, 0.2) is 0 Å². The molecule has 0 aromatic heterocycles. The van der Waals surface area contributed by atoms with Crippen molar-refractivity contribution in [3.63, 3.8) is 0 Å². The zero-order chi connectivity index (χ0) is 8.97. The van der Waals surface area contributed by atoms with Crippen molar-refractivity contribution in [1.29, 1.82) is 0 Å². The van der Waals surface area contributed by atoms with Gasteiger partial charge < -0.3 is 4.74 Å². The molecule has 1 radical (unpaired) electrons. The third kappa shape index (κ3) is 2.02. The number of hydrogen-bond donors (Lipinski definition) is 0. The molecule has 0 heterocycles. The maximum atomic E-state index is 5.89. The van der Waals surface area contributed by atoms with Gasteiger partial charge in [-0.05, 0) is 30.7 Å². The van der Waals surface area contributed by atoms with E-state index >= 15 is 0 Å². The molecule has 0 unspecified atom stereocenters. The Bertz CT molecular complexity index is 281. The summed E-state index contributed by atoms with van der Waals surface area (Å²) in [6.07, 6.45) is 2.75. The van der Waals surface area contributed by atoms with Gasteiger partial charge in [0.1, 0.15) is 5.75 Å². The predicted molar refractivity (Wildman–Crippen MR) is 50.6 cm³/mol. The fourth-order valence-electron chi connectivity index (χ4n) is 0.883. The lowest BCUT2D eigenvalue weighted by Crippen LogP contribution is -1.91. The lowest BCUT2D eigenvalue weighted by atomic mass is 10.2. The van der Waals surface area contributed by atoms with Crippen LogP contribution >= 0.6 is 11.6 Å². The Balaban J connectivity index is 2.94. The van der Waals surface area contributed by atoms with Crippen LogP contribution in [0.25, 0.3) is 0 Å². The standard InChI is InChI=1S/C10H10ClO/c1-3-8-5-6-10(12-4-2)9(11)7-8/h5-7H,1,4H2,2H3.